The summed E-state index contributed by atoms with van der Waals surface area (Å²) in [7, 11) is 2.13. The fourth-order valence-electron chi connectivity index (χ4n) is 2.47. The lowest BCUT2D eigenvalue weighted by molar-refractivity contribution is -0.137. The molecule has 0 bridgehead atoms. The maximum Gasteiger partial charge on any atom is 0.225 e. The average molecular weight is 246 g/mol. The molecule has 0 spiro atoms. The summed E-state index contributed by atoms with van der Waals surface area (Å²) in [5.41, 5.74) is 1.29. The molecule has 1 atom stereocenters. The van der Waals surface area contributed by atoms with Crippen LogP contribution in [0.5, 0.6) is 0 Å². The summed E-state index contributed by atoms with van der Waals surface area (Å²) in [5, 5.41) is 0. The highest BCUT2D eigenvalue weighted by atomic mass is 16.2. The van der Waals surface area contributed by atoms with Crippen molar-refractivity contribution >= 4 is 5.91 Å². The van der Waals surface area contributed by atoms with E-state index in [1.807, 2.05) is 24.8 Å². The number of piperazine rings is 1. The summed E-state index contributed by atoms with van der Waals surface area (Å²) in [6.07, 6.45) is 0. The molecule has 3 nitrogen and oxygen atoms in total. The summed E-state index contributed by atoms with van der Waals surface area (Å²) in [5.74, 6) is 0.355. The molecule has 0 radical (unpaired) electrons. The van der Waals surface area contributed by atoms with Crippen molar-refractivity contribution in [2.75, 3.05) is 26.7 Å². The molecule has 1 aromatic rings. The number of hydrogen-bond donors (Lipinski definition) is 0. The molecule has 0 aromatic heterocycles. The van der Waals surface area contributed by atoms with E-state index in [1.165, 1.54) is 5.56 Å². The average Bonchev–Trinajstić information content (AvgIpc) is 2.39. The smallest absolute Gasteiger partial charge is 0.225 e. The van der Waals surface area contributed by atoms with E-state index in [4.69, 9.17) is 0 Å². The highest BCUT2D eigenvalue weighted by Gasteiger charge is 2.29. The zero-order valence-corrected chi connectivity index (χ0v) is 11.5. The summed E-state index contributed by atoms with van der Waals surface area (Å²) in [6, 6.07) is 10.8. The van der Waals surface area contributed by atoms with Gasteiger partial charge in [-0.3, -0.25) is 9.69 Å². The van der Waals surface area contributed by atoms with Gasteiger partial charge in [-0.25, -0.2) is 0 Å². The fraction of sp³-hybridized carbons (Fsp3) is 0.533. The largest absolute Gasteiger partial charge is 0.339 e. The zero-order chi connectivity index (χ0) is 13.1. The maximum atomic E-state index is 12.1. The van der Waals surface area contributed by atoms with E-state index in [0.29, 0.717) is 6.04 Å². The Kier molecular flexibility index (Phi) is 4.02. The Hall–Kier alpha value is -1.35. The van der Waals surface area contributed by atoms with Crippen LogP contribution < -0.4 is 0 Å². The number of benzene rings is 1. The van der Waals surface area contributed by atoms with Crippen molar-refractivity contribution in [2.24, 2.45) is 5.92 Å². The number of nitrogens with zero attached hydrogens (tertiary/aromatic N) is 2. The monoisotopic (exact) mass is 246 g/mol. The summed E-state index contributed by atoms with van der Waals surface area (Å²) >= 11 is 0. The molecule has 1 heterocycles. The van der Waals surface area contributed by atoms with Gasteiger partial charge < -0.3 is 4.90 Å². The Bertz CT molecular complexity index is 402. The van der Waals surface area contributed by atoms with Crippen LogP contribution in [0, 0.1) is 5.92 Å². The van der Waals surface area contributed by atoms with Gasteiger partial charge in [-0.1, -0.05) is 44.2 Å². The van der Waals surface area contributed by atoms with Gasteiger partial charge in [0.25, 0.3) is 0 Å². The molecule has 2 rings (SSSR count). The minimum Gasteiger partial charge on any atom is -0.339 e. The number of carbonyl (C=O) groups excluding carboxylic acids is 1. The van der Waals surface area contributed by atoms with Gasteiger partial charge >= 0.3 is 0 Å². The van der Waals surface area contributed by atoms with Gasteiger partial charge in [-0.2, -0.15) is 0 Å². The molecular weight excluding hydrogens is 224 g/mol. The molecule has 1 aliphatic rings. The highest BCUT2D eigenvalue weighted by molar-refractivity contribution is 5.78. The fourth-order valence-corrected chi connectivity index (χ4v) is 2.47. The van der Waals surface area contributed by atoms with Crippen molar-refractivity contribution in [3.63, 3.8) is 0 Å². The topological polar surface area (TPSA) is 23.6 Å². The van der Waals surface area contributed by atoms with Crippen LogP contribution in [0.4, 0.5) is 0 Å². The van der Waals surface area contributed by atoms with Crippen molar-refractivity contribution in [1.82, 2.24) is 9.80 Å². The van der Waals surface area contributed by atoms with E-state index < -0.39 is 0 Å². The Labute approximate surface area is 109 Å². The summed E-state index contributed by atoms with van der Waals surface area (Å²) in [4.78, 5) is 16.4. The first-order valence-corrected chi connectivity index (χ1v) is 6.63. The number of likely N-dealkylation sites (N-methyl/N-ethyl adjacent to an activating group) is 1. The van der Waals surface area contributed by atoms with E-state index in [9.17, 15) is 4.79 Å². The van der Waals surface area contributed by atoms with Gasteiger partial charge in [0.15, 0.2) is 0 Å². The van der Waals surface area contributed by atoms with Crippen molar-refractivity contribution < 1.29 is 4.79 Å². The standard InChI is InChI=1S/C15H22N2O/c1-12(2)15(18)17-10-9-16(3)14(11-17)13-7-5-4-6-8-13/h4-8,12,14H,9-11H2,1-3H3. The molecule has 18 heavy (non-hydrogen) atoms. The quantitative estimate of drug-likeness (QED) is 0.798. The predicted octanol–water partition coefficient (Wildman–Crippen LogP) is 2.16. The summed E-state index contributed by atoms with van der Waals surface area (Å²) in [6.45, 7) is 6.53. The second-order valence-electron chi connectivity index (χ2n) is 5.35. The van der Waals surface area contributed by atoms with Crippen molar-refractivity contribution in [3.05, 3.63) is 35.9 Å². The lowest BCUT2D eigenvalue weighted by Crippen LogP contribution is -2.50. The second kappa shape index (κ2) is 5.53. The Morgan fingerprint density at radius 2 is 1.89 bits per heavy atom. The van der Waals surface area contributed by atoms with Crippen LogP contribution in [-0.2, 0) is 4.79 Å². The third kappa shape index (κ3) is 2.72. The van der Waals surface area contributed by atoms with Gasteiger partial charge in [0, 0.05) is 25.6 Å². The first-order valence-electron chi connectivity index (χ1n) is 6.63. The molecular formula is C15H22N2O. The van der Waals surface area contributed by atoms with E-state index >= 15 is 0 Å². The molecule has 1 unspecified atom stereocenters. The van der Waals surface area contributed by atoms with Crippen molar-refractivity contribution in [3.8, 4) is 0 Å². The van der Waals surface area contributed by atoms with E-state index in [0.717, 1.165) is 19.6 Å². The third-order valence-electron chi connectivity index (χ3n) is 3.64. The van der Waals surface area contributed by atoms with Crippen LogP contribution in [-0.4, -0.2) is 42.4 Å². The zero-order valence-electron chi connectivity index (χ0n) is 11.5. The van der Waals surface area contributed by atoms with Crippen molar-refractivity contribution in [2.45, 2.75) is 19.9 Å². The predicted molar refractivity (Wildman–Crippen MR) is 73.2 cm³/mol. The minimum absolute atomic E-state index is 0.0878. The molecule has 3 heteroatoms. The third-order valence-corrected chi connectivity index (χ3v) is 3.64. The van der Waals surface area contributed by atoms with Gasteiger partial charge in [0.05, 0.1) is 6.04 Å². The van der Waals surface area contributed by atoms with Gasteiger partial charge in [0.2, 0.25) is 5.91 Å². The Balaban J connectivity index is 2.13. The Morgan fingerprint density at radius 1 is 1.22 bits per heavy atom. The minimum atomic E-state index is 0.0878. The van der Waals surface area contributed by atoms with E-state index in [1.54, 1.807) is 0 Å². The van der Waals surface area contributed by atoms with Crippen LogP contribution in [0.3, 0.4) is 0 Å². The Morgan fingerprint density at radius 3 is 2.50 bits per heavy atom. The molecule has 1 amide bonds. The number of amides is 1. The molecule has 1 fully saturated rings. The molecule has 98 valence electrons. The van der Waals surface area contributed by atoms with Crippen LogP contribution in [0.1, 0.15) is 25.5 Å². The number of carbonyl (C=O) groups is 1. The molecule has 0 aliphatic carbocycles. The van der Waals surface area contributed by atoms with Crippen LogP contribution in [0.25, 0.3) is 0 Å². The lowest BCUT2D eigenvalue weighted by atomic mass is 10.0. The molecule has 1 aromatic carbocycles. The van der Waals surface area contributed by atoms with Crippen LogP contribution in [0.15, 0.2) is 30.3 Å². The van der Waals surface area contributed by atoms with Crippen LogP contribution >= 0.6 is 0 Å². The SMILES string of the molecule is CC(C)C(=O)N1CCN(C)C(c2ccccc2)C1. The van der Waals surface area contributed by atoms with Gasteiger partial charge in [-0.05, 0) is 12.6 Å². The molecule has 0 saturated carbocycles. The number of rotatable bonds is 2. The maximum absolute atomic E-state index is 12.1. The first-order chi connectivity index (χ1) is 8.59. The second-order valence-corrected chi connectivity index (χ2v) is 5.35. The first kappa shape index (κ1) is 13.1. The van der Waals surface area contributed by atoms with E-state index in [2.05, 4.69) is 36.2 Å². The van der Waals surface area contributed by atoms with Crippen molar-refractivity contribution in [1.29, 1.82) is 0 Å². The number of hydrogen-bond acceptors (Lipinski definition) is 2. The molecule has 0 N–H and O–H groups in total. The lowest BCUT2D eigenvalue weighted by Gasteiger charge is -2.40. The van der Waals surface area contributed by atoms with Crippen LogP contribution in [0.2, 0.25) is 0 Å². The van der Waals surface area contributed by atoms with Gasteiger partial charge in [0.1, 0.15) is 0 Å². The van der Waals surface area contributed by atoms with Gasteiger partial charge in [-0.15, -0.1) is 0 Å². The summed E-state index contributed by atoms with van der Waals surface area (Å²) < 4.78 is 0. The molecule has 1 aliphatic heterocycles. The highest BCUT2D eigenvalue weighted by Crippen LogP contribution is 2.24. The molecule has 1 saturated heterocycles. The van der Waals surface area contributed by atoms with E-state index in [-0.39, 0.29) is 11.8 Å². The normalized spacial score (nSPS) is 21.3.